The fourth-order valence-corrected chi connectivity index (χ4v) is 2.37. The van der Waals surface area contributed by atoms with Gasteiger partial charge in [-0.2, -0.15) is 0 Å². The quantitative estimate of drug-likeness (QED) is 0.858. The summed E-state index contributed by atoms with van der Waals surface area (Å²) in [4.78, 5) is 12.1. The maximum atomic E-state index is 12.1. The van der Waals surface area contributed by atoms with E-state index in [1.54, 1.807) is 0 Å². The van der Waals surface area contributed by atoms with Gasteiger partial charge in [0.25, 0.3) is 0 Å². The monoisotopic (exact) mass is 260 g/mol. The highest BCUT2D eigenvalue weighted by Gasteiger charge is 2.21. The van der Waals surface area contributed by atoms with E-state index in [1.165, 1.54) is 5.56 Å². The number of carbonyl (C=O) groups is 1. The first-order valence-electron chi connectivity index (χ1n) is 7.09. The molecule has 0 bridgehead atoms. The van der Waals surface area contributed by atoms with E-state index in [-0.39, 0.29) is 17.2 Å². The summed E-state index contributed by atoms with van der Waals surface area (Å²) in [5.41, 5.74) is 2.32. The van der Waals surface area contributed by atoms with Gasteiger partial charge in [0.15, 0.2) is 0 Å². The Labute approximate surface area is 115 Å². The predicted molar refractivity (Wildman–Crippen MR) is 79.4 cm³/mol. The van der Waals surface area contributed by atoms with Crippen molar-refractivity contribution in [3.63, 3.8) is 0 Å². The summed E-state index contributed by atoms with van der Waals surface area (Å²) in [5, 5.41) is 6.28. The Morgan fingerprint density at radius 2 is 1.95 bits per heavy atom. The Balaban J connectivity index is 1.97. The van der Waals surface area contributed by atoms with Gasteiger partial charge in [-0.15, -0.1) is 0 Å². The van der Waals surface area contributed by atoms with Crippen LogP contribution in [0.3, 0.4) is 0 Å². The van der Waals surface area contributed by atoms with E-state index >= 15 is 0 Å². The molecular formula is C16H24N2O. The molecule has 0 unspecified atom stereocenters. The first-order chi connectivity index (χ1) is 8.97. The third-order valence-corrected chi connectivity index (χ3v) is 3.69. The van der Waals surface area contributed by atoms with E-state index in [1.807, 2.05) is 12.1 Å². The van der Waals surface area contributed by atoms with Crippen molar-refractivity contribution >= 4 is 11.6 Å². The van der Waals surface area contributed by atoms with Crippen LogP contribution in [-0.2, 0) is 10.2 Å². The standard InChI is InChI=1S/C16H24N2O/c1-16(2,3)13-6-8-14(9-7-13)18-15(19)12-5-4-10-17-11-12/h6-9,12,17H,4-5,10-11H2,1-3H3,(H,18,19)/t12-/m1/s1. The number of benzene rings is 1. The van der Waals surface area contributed by atoms with Crippen LogP contribution in [0.1, 0.15) is 39.2 Å². The van der Waals surface area contributed by atoms with Gasteiger partial charge in [0.1, 0.15) is 0 Å². The number of hydrogen-bond acceptors (Lipinski definition) is 2. The molecular weight excluding hydrogens is 236 g/mol. The highest BCUT2D eigenvalue weighted by molar-refractivity contribution is 5.92. The fourth-order valence-electron chi connectivity index (χ4n) is 2.37. The Kier molecular flexibility index (Phi) is 4.25. The summed E-state index contributed by atoms with van der Waals surface area (Å²) in [6.07, 6.45) is 2.07. The van der Waals surface area contributed by atoms with Crippen LogP contribution in [0.25, 0.3) is 0 Å². The zero-order chi connectivity index (χ0) is 13.9. The number of amides is 1. The van der Waals surface area contributed by atoms with Crippen molar-refractivity contribution in [3.05, 3.63) is 29.8 Å². The third-order valence-electron chi connectivity index (χ3n) is 3.69. The molecule has 1 saturated heterocycles. The lowest BCUT2D eigenvalue weighted by Gasteiger charge is -2.22. The van der Waals surface area contributed by atoms with Crippen molar-refractivity contribution in [1.29, 1.82) is 0 Å². The number of hydrogen-bond donors (Lipinski definition) is 2. The van der Waals surface area contributed by atoms with Crippen molar-refractivity contribution in [3.8, 4) is 0 Å². The molecule has 2 N–H and O–H groups in total. The highest BCUT2D eigenvalue weighted by atomic mass is 16.1. The molecule has 1 heterocycles. The molecule has 3 heteroatoms. The van der Waals surface area contributed by atoms with E-state index in [0.29, 0.717) is 0 Å². The highest BCUT2D eigenvalue weighted by Crippen LogP contribution is 2.23. The minimum Gasteiger partial charge on any atom is -0.326 e. The number of rotatable bonds is 2. The van der Waals surface area contributed by atoms with Gasteiger partial charge in [-0.25, -0.2) is 0 Å². The largest absolute Gasteiger partial charge is 0.326 e. The van der Waals surface area contributed by atoms with E-state index in [0.717, 1.165) is 31.6 Å². The summed E-state index contributed by atoms with van der Waals surface area (Å²) in [6.45, 7) is 8.40. The van der Waals surface area contributed by atoms with Gasteiger partial charge in [-0.05, 0) is 42.5 Å². The van der Waals surface area contributed by atoms with Crippen LogP contribution in [0.4, 0.5) is 5.69 Å². The maximum Gasteiger partial charge on any atom is 0.228 e. The molecule has 1 fully saturated rings. The second-order valence-electron chi connectivity index (χ2n) is 6.36. The van der Waals surface area contributed by atoms with Crippen LogP contribution >= 0.6 is 0 Å². The molecule has 19 heavy (non-hydrogen) atoms. The smallest absolute Gasteiger partial charge is 0.228 e. The minimum atomic E-state index is 0.107. The number of nitrogens with one attached hydrogen (secondary N) is 2. The van der Waals surface area contributed by atoms with Crippen LogP contribution in [0.2, 0.25) is 0 Å². The first kappa shape index (κ1) is 14.1. The molecule has 104 valence electrons. The van der Waals surface area contributed by atoms with Gasteiger partial charge in [0.2, 0.25) is 5.91 Å². The molecule has 0 spiro atoms. The van der Waals surface area contributed by atoms with E-state index in [4.69, 9.17) is 0 Å². The molecule has 1 aromatic carbocycles. The summed E-state index contributed by atoms with van der Waals surface area (Å²) < 4.78 is 0. The minimum absolute atomic E-state index is 0.107. The van der Waals surface area contributed by atoms with Crippen molar-refractivity contribution in [1.82, 2.24) is 5.32 Å². The predicted octanol–water partition coefficient (Wildman–Crippen LogP) is 2.92. The molecule has 1 atom stereocenters. The number of carbonyl (C=O) groups excluding carboxylic acids is 1. The third kappa shape index (κ3) is 3.80. The second kappa shape index (κ2) is 5.74. The summed E-state index contributed by atoms with van der Waals surface area (Å²) in [5.74, 6) is 0.242. The summed E-state index contributed by atoms with van der Waals surface area (Å²) in [7, 11) is 0. The van der Waals surface area contributed by atoms with Crippen molar-refractivity contribution in [2.75, 3.05) is 18.4 Å². The summed E-state index contributed by atoms with van der Waals surface area (Å²) >= 11 is 0. The fraction of sp³-hybridized carbons (Fsp3) is 0.562. The van der Waals surface area contributed by atoms with Crippen molar-refractivity contribution < 1.29 is 4.79 Å². The zero-order valence-electron chi connectivity index (χ0n) is 12.1. The van der Waals surface area contributed by atoms with Crippen LogP contribution in [0, 0.1) is 5.92 Å². The molecule has 1 amide bonds. The second-order valence-corrected chi connectivity index (χ2v) is 6.36. The lowest BCUT2D eigenvalue weighted by molar-refractivity contribution is -0.120. The molecule has 0 saturated carbocycles. The zero-order valence-corrected chi connectivity index (χ0v) is 12.1. The molecule has 2 rings (SSSR count). The van der Waals surface area contributed by atoms with Gasteiger partial charge in [0.05, 0.1) is 5.92 Å². The topological polar surface area (TPSA) is 41.1 Å². The van der Waals surface area contributed by atoms with E-state index in [2.05, 4.69) is 43.5 Å². The van der Waals surface area contributed by atoms with Crippen molar-refractivity contribution in [2.24, 2.45) is 5.92 Å². The van der Waals surface area contributed by atoms with Gasteiger partial charge >= 0.3 is 0 Å². The van der Waals surface area contributed by atoms with Crippen LogP contribution in [0.15, 0.2) is 24.3 Å². The molecule has 0 aromatic heterocycles. The van der Waals surface area contributed by atoms with Gasteiger partial charge in [-0.3, -0.25) is 4.79 Å². The molecule has 1 aliphatic rings. The Morgan fingerprint density at radius 3 is 2.47 bits per heavy atom. The lowest BCUT2D eigenvalue weighted by Crippen LogP contribution is -2.37. The maximum absolute atomic E-state index is 12.1. The molecule has 1 aliphatic heterocycles. The average Bonchev–Trinajstić information content (AvgIpc) is 2.39. The normalized spacial score (nSPS) is 20.1. The Hall–Kier alpha value is -1.35. The van der Waals surface area contributed by atoms with E-state index < -0.39 is 0 Å². The molecule has 3 nitrogen and oxygen atoms in total. The van der Waals surface area contributed by atoms with Crippen LogP contribution in [-0.4, -0.2) is 19.0 Å². The number of anilines is 1. The SMILES string of the molecule is CC(C)(C)c1ccc(NC(=O)[C@@H]2CCCNC2)cc1. The van der Waals surface area contributed by atoms with Crippen LogP contribution in [0.5, 0.6) is 0 Å². The van der Waals surface area contributed by atoms with Gasteiger partial charge in [0, 0.05) is 12.2 Å². The Morgan fingerprint density at radius 1 is 1.26 bits per heavy atom. The molecule has 1 aromatic rings. The van der Waals surface area contributed by atoms with Gasteiger partial charge in [-0.1, -0.05) is 32.9 Å². The molecule has 0 radical (unpaired) electrons. The lowest BCUT2D eigenvalue weighted by atomic mass is 9.87. The number of piperidine rings is 1. The summed E-state index contributed by atoms with van der Waals surface area (Å²) in [6, 6.07) is 8.17. The van der Waals surface area contributed by atoms with E-state index in [9.17, 15) is 4.79 Å². The average molecular weight is 260 g/mol. The Bertz CT molecular complexity index is 425. The van der Waals surface area contributed by atoms with Crippen LogP contribution < -0.4 is 10.6 Å². The molecule has 0 aliphatic carbocycles. The van der Waals surface area contributed by atoms with Crippen molar-refractivity contribution in [2.45, 2.75) is 39.0 Å². The first-order valence-corrected chi connectivity index (χ1v) is 7.09. The van der Waals surface area contributed by atoms with Gasteiger partial charge < -0.3 is 10.6 Å².